The Balaban J connectivity index is 2.13. The average Bonchev–Trinajstić information content (AvgIpc) is 2.66. The van der Waals surface area contributed by atoms with Crippen LogP contribution >= 0.6 is 0 Å². The van der Waals surface area contributed by atoms with Crippen LogP contribution in [0.4, 0.5) is 0 Å². The van der Waals surface area contributed by atoms with Crippen LogP contribution in [0.15, 0.2) is 35.5 Å². The molecule has 0 saturated heterocycles. The van der Waals surface area contributed by atoms with E-state index < -0.39 is 12.2 Å². The zero-order chi connectivity index (χ0) is 19.3. The second-order valence-corrected chi connectivity index (χ2v) is 8.88. The maximum atomic E-state index is 10.0. The molecule has 0 spiro atoms. The first kappa shape index (κ1) is 21.4. The van der Waals surface area contributed by atoms with Gasteiger partial charge in [0.25, 0.3) is 0 Å². The largest absolute Gasteiger partial charge is 0.388 e. The summed E-state index contributed by atoms with van der Waals surface area (Å²) in [6.45, 7) is 10.6. The van der Waals surface area contributed by atoms with Crippen LogP contribution in [0.25, 0.3) is 0 Å². The molecule has 2 saturated carbocycles. The zero-order valence-corrected chi connectivity index (χ0v) is 17.0. The van der Waals surface area contributed by atoms with Crippen LogP contribution in [0.5, 0.6) is 0 Å². The Kier molecular flexibility index (Phi) is 7.69. The molecule has 3 nitrogen and oxygen atoms in total. The van der Waals surface area contributed by atoms with E-state index in [1.54, 1.807) is 0 Å². The SMILES string of the molecule is C=C1[C@H](O)CC(=C/C=C2\CCCCC([C@@H](C)CC)CC[C@@]2(C)N)C[C@H]1O. The number of aliphatic hydroxyl groups is 2. The third-order valence-corrected chi connectivity index (χ3v) is 6.78. The first-order valence-corrected chi connectivity index (χ1v) is 10.5. The van der Waals surface area contributed by atoms with Crippen molar-refractivity contribution in [2.24, 2.45) is 17.6 Å². The highest BCUT2D eigenvalue weighted by atomic mass is 16.3. The molecule has 1 unspecified atom stereocenters. The maximum Gasteiger partial charge on any atom is 0.0809 e. The van der Waals surface area contributed by atoms with E-state index in [1.807, 2.05) is 0 Å². The van der Waals surface area contributed by atoms with Crippen LogP contribution in [-0.2, 0) is 0 Å². The third kappa shape index (κ3) is 5.55. The smallest absolute Gasteiger partial charge is 0.0809 e. The van der Waals surface area contributed by atoms with E-state index in [0.29, 0.717) is 18.4 Å². The van der Waals surface area contributed by atoms with Crippen LogP contribution in [0.2, 0.25) is 0 Å². The standard InChI is InChI=1S/C23H39NO2/c1-5-16(2)19-8-6-7-9-20(23(4,24)13-12-19)11-10-18-14-21(25)17(3)22(26)15-18/h10-11,16,19,21-22,25-26H,3,5-9,12-15,24H2,1-2,4H3/b20-11+/t16-,19?,21+,22+,23+/m0/s1. The lowest BCUT2D eigenvalue weighted by Gasteiger charge is -2.30. The summed E-state index contributed by atoms with van der Waals surface area (Å²) >= 11 is 0. The molecule has 4 N–H and O–H groups in total. The van der Waals surface area contributed by atoms with Crippen LogP contribution in [-0.4, -0.2) is 28.0 Å². The van der Waals surface area contributed by atoms with Crippen LogP contribution in [0.3, 0.4) is 0 Å². The average molecular weight is 362 g/mol. The van der Waals surface area contributed by atoms with E-state index in [2.05, 4.69) is 39.5 Å². The summed E-state index contributed by atoms with van der Waals surface area (Å²) in [5, 5.41) is 20.1. The van der Waals surface area contributed by atoms with E-state index in [0.717, 1.165) is 30.3 Å². The van der Waals surface area contributed by atoms with Crippen molar-refractivity contribution in [1.82, 2.24) is 0 Å². The highest BCUT2D eigenvalue weighted by Crippen LogP contribution is 2.35. The molecule has 2 aliphatic rings. The van der Waals surface area contributed by atoms with E-state index in [9.17, 15) is 10.2 Å². The first-order valence-electron chi connectivity index (χ1n) is 10.5. The van der Waals surface area contributed by atoms with Gasteiger partial charge in [-0.05, 0) is 62.9 Å². The molecule has 0 bridgehead atoms. The van der Waals surface area contributed by atoms with Gasteiger partial charge in [0.2, 0.25) is 0 Å². The molecule has 0 aliphatic heterocycles. The number of rotatable bonds is 3. The molecule has 0 aromatic carbocycles. The highest BCUT2D eigenvalue weighted by Gasteiger charge is 2.28. The molecular formula is C23H39NO2. The van der Waals surface area contributed by atoms with Crippen molar-refractivity contribution in [2.75, 3.05) is 0 Å². The lowest BCUT2D eigenvalue weighted by Crippen LogP contribution is -2.38. The fraction of sp³-hybridized carbons (Fsp3) is 0.739. The molecule has 26 heavy (non-hydrogen) atoms. The van der Waals surface area contributed by atoms with E-state index in [4.69, 9.17) is 5.73 Å². The number of hydrogen-bond donors (Lipinski definition) is 3. The minimum absolute atomic E-state index is 0.275. The summed E-state index contributed by atoms with van der Waals surface area (Å²) in [5.41, 5.74) is 9.40. The van der Waals surface area contributed by atoms with Crippen molar-refractivity contribution in [3.8, 4) is 0 Å². The first-order chi connectivity index (χ1) is 12.2. The summed E-state index contributed by atoms with van der Waals surface area (Å²) in [5.74, 6) is 1.56. The molecule has 2 rings (SSSR count). The summed E-state index contributed by atoms with van der Waals surface area (Å²) in [6.07, 6.45) is 12.4. The van der Waals surface area contributed by atoms with E-state index in [1.165, 1.54) is 37.7 Å². The summed E-state index contributed by atoms with van der Waals surface area (Å²) < 4.78 is 0. The van der Waals surface area contributed by atoms with Crippen molar-refractivity contribution in [3.63, 3.8) is 0 Å². The van der Waals surface area contributed by atoms with Gasteiger partial charge in [-0.25, -0.2) is 0 Å². The highest BCUT2D eigenvalue weighted by molar-refractivity contribution is 5.30. The molecule has 0 amide bonds. The van der Waals surface area contributed by atoms with Crippen LogP contribution < -0.4 is 5.73 Å². The maximum absolute atomic E-state index is 10.0. The molecule has 0 heterocycles. The molecule has 0 aromatic rings. The number of allylic oxidation sites excluding steroid dienone is 2. The number of aliphatic hydroxyl groups excluding tert-OH is 2. The molecule has 3 heteroatoms. The summed E-state index contributed by atoms with van der Waals surface area (Å²) in [4.78, 5) is 0. The monoisotopic (exact) mass is 361 g/mol. The lowest BCUT2D eigenvalue weighted by atomic mass is 9.80. The topological polar surface area (TPSA) is 66.5 Å². The Morgan fingerprint density at radius 2 is 1.85 bits per heavy atom. The fourth-order valence-corrected chi connectivity index (χ4v) is 4.39. The summed E-state index contributed by atoms with van der Waals surface area (Å²) in [6, 6.07) is 0. The predicted octanol–water partition coefficient (Wildman–Crippen LogP) is 4.64. The van der Waals surface area contributed by atoms with Gasteiger partial charge < -0.3 is 15.9 Å². The quantitative estimate of drug-likeness (QED) is 0.641. The van der Waals surface area contributed by atoms with Gasteiger partial charge in [-0.2, -0.15) is 0 Å². The number of hydrogen-bond acceptors (Lipinski definition) is 3. The molecule has 148 valence electrons. The van der Waals surface area contributed by atoms with Gasteiger partial charge >= 0.3 is 0 Å². The minimum atomic E-state index is -0.635. The second kappa shape index (κ2) is 9.34. The van der Waals surface area contributed by atoms with Gasteiger partial charge in [-0.1, -0.05) is 63.0 Å². The Morgan fingerprint density at radius 1 is 1.19 bits per heavy atom. The predicted molar refractivity (Wildman–Crippen MR) is 110 cm³/mol. The Morgan fingerprint density at radius 3 is 2.46 bits per heavy atom. The Hall–Kier alpha value is -0.900. The van der Waals surface area contributed by atoms with Gasteiger partial charge in [0.15, 0.2) is 0 Å². The van der Waals surface area contributed by atoms with Crippen molar-refractivity contribution in [3.05, 3.63) is 35.5 Å². The van der Waals surface area contributed by atoms with Gasteiger partial charge in [0, 0.05) is 5.54 Å². The van der Waals surface area contributed by atoms with Gasteiger partial charge in [0.1, 0.15) is 0 Å². The van der Waals surface area contributed by atoms with Gasteiger partial charge in [0.05, 0.1) is 12.2 Å². The molecule has 2 fully saturated rings. The molecular weight excluding hydrogens is 322 g/mol. The molecule has 2 aliphatic carbocycles. The zero-order valence-electron chi connectivity index (χ0n) is 17.0. The third-order valence-electron chi connectivity index (χ3n) is 6.78. The van der Waals surface area contributed by atoms with E-state index in [-0.39, 0.29) is 5.54 Å². The molecule has 5 atom stereocenters. The van der Waals surface area contributed by atoms with Gasteiger partial charge in [-0.3, -0.25) is 0 Å². The Labute approximate surface area is 160 Å². The van der Waals surface area contributed by atoms with Crippen molar-refractivity contribution < 1.29 is 10.2 Å². The minimum Gasteiger partial charge on any atom is -0.388 e. The number of nitrogens with two attached hydrogens (primary N) is 1. The second-order valence-electron chi connectivity index (χ2n) is 8.88. The van der Waals surface area contributed by atoms with Crippen LogP contribution in [0.1, 0.15) is 78.6 Å². The van der Waals surface area contributed by atoms with E-state index >= 15 is 0 Å². The normalized spacial score (nSPS) is 37.0. The summed E-state index contributed by atoms with van der Waals surface area (Å²) in [7, 11) is 0. The molecule has 0 radical (unpaired) electrons. The lowest BCUT2D eigenvalue weighted by molar-refractivity contribution is 0.123. The Bertz CT molecular complexity index is 530. The van der Waals surface area contributed by atoms with Crippen molar-refractivity contribution >= 4 is 0 Å². The fourth-order valence-electron chi connectivity index (χ4n) is 4.39. The van der Waals surface area contributed by atoms with Crippen LogP contribution in [0, 0.1) is 11.8 Å². The van der Waals surface area contributed by atoms with Crippen molar-refractivity contribution in [2.45, 2.75) is 96.3 Å². The van der Waals surface area contributed by atoms with Crippen molar-refractivity contribution in [1.29, 1.82) is 0 Å². The van der Waals surface area contributed by atoms with Gasteiger partial charge in [-0.15, -0.1) is 0 Å². The molecule has 0 aromatic heterocycles.